The third kappa shape index (κ3) is 25.6. The fourth-order valence-corrected chi connectivity index (χ4v) is 0.837. The van der Waals surface area contributed by atoms with E-state index in [-0.39, 0.29) is 50.2 Å². The average molecular weight is 300 g/mol. The quantitative estimate of drug-likeness (QED) is 0.407. The number of hydrogen-bond acceptors (Lipinski definition) is 6. The van der Waals surface area contributed by atoms with E-state index in [1.54, 1.807) is 0 Å². The summed E-state index contributed by atoms with van der Waals surface area (Å²) in [5.74, 6) is -1.29. The summed E-state index contributed by atoms with van der Waals surface area (Å²) in [4.78, 5) is 21.3. The average Bonchev–Trinajstić information content (AvgIpc) is 2.24. The Morgan fingerprint density at radius 3 is 1.70 bits per heavy atom. The summed E-state index contributed by atoms with van der Waals surface area (Å²) in [5.41, 5.74) is 0. The molecule has 6 heteroatoms. The topological polar surface area (TPSA) is 93.1 Å². The second kappa shape index (κ2) is 26.4. The summed E-state index contributed by atoms with van der Waals surface area (Å²) in [6, 6.07) is 0. The van der Waals surface area contributed by atoms with Crippen LogP contribution in [0.5, 0.6) is 0 Å². The summed E-state index contributed by atoms with van der Waals surface area (Å²) in [6.07, 6.45) is 2.28. The molecule has 0 aromatic carbocycles. The maximum atomic E-state index is 10.9. The highest BCUT2D eigenvalue weighted by Crippen LogP contribution is 2.00. The first-order valence-electron chi connectivity index (χ1n) is 4.73. The number of ether oxygens (including phenoxy) is 2. The van der Waals surface area contributed by atoms with Gasteiger partial charge in [-0.3, -0.25) is 4.79 Å². The lowest BCUT2D eigenvalue weighted by molar-refractivity contribution is -0.169. The van der Waals surface area contributed by atoms with Crippen LogP contribution in [0.2, 0.25) is 0 Å². The van der Waals surface area contributed by atoms with Crippen molar-refractivity contribution in [3.8, 4) is 0 Å². The lowest BCUT2D eigenvalue weighted by Gasteiger charge is -2.04. The van der Waals surface area contributed by atoms with E-state index in [1.165, 1.54) is 0 Å². The van der Waals surface area contributed by atoms with Gasteiger partial charge in [0.2, 0.25) is 6.79 Å². The van der Waals surface area contributed by atoms with Gasteiger partial charge in [0, 0.05) is 13.0 Å². The number of esters is 2. The number of aliphatic hydroxyl groups is 2. The Labute approximate surface area is 125 Å². The van der Waals surface area contributed by atoms with E-state index < -0.39 is 25.3 Å². The second-order valence-electron chi connectivity index (χ2n) is 2.84. The first kappa shape index (κ1) is 36.4. The van der Waals surface area contributed by atoms with E-state index in [0.717, 1.165) is 6.42 Å². The molecule has 0 rings (SSSR count). The van der Waals surface area contributed by atoms with Crippen molar-refractivity contribution in [3.63, 3.8) is 0 Å². The van der Waals surface area contributed by atoms with Crippen molar-refractivity contribution < 1.29 is 29.3 Å². The highest BCUT2D eigenvalue weighted by atomic mass is 16.7. The summed E-state index contributed by atoms with van der Waals surface area (Å²) < 4.78 is 8.86. The zero-order valence-corrected chi connectivity index (χ0v) is 8.48. The van der Waals surface area contributed by atoms with Crippen LogP contribution in [0.1, 0.15) is 62.8 Å². The van der Waals surface area contributed by atoms with E-state index >= 15 is 0 Å². The molecule has 0 aromatic heterocycles. The van der Waals surface area contributed by atoms with Crippen molar-refractivity contribution in [2.24, 2.45) is 0 Å². The molecular weight excluding hydrogens is 264 g/mol. The van der Waals surface area contributed by atoms with E-state index in [4.69, 9.17) is 10.2 Å². The van der Waals surface area contributed by atoms with Gasteiger partial charge in [-0.25, -0.2) is 4.79 Å². The SMILES string of the molecule is C.C.C.C.C.O=C(CO)OCOC(=O)CCCCCO. The summed E-state index contributed by atoms with van der Waals surface area (Å²) in [7, 11) is 0. The first-order valence-corrected chi connectivity index (χ1v) is 4.73. The van der Waals surface area contributed by atoms with Crippen molar-refractivity contribution in [3.05, 3.63) is 0 Å². The van der Waals surface area contributed by atoms with Crippen molar-refractivity contribution in [1.29, 1.82) is 0 Å². The Bertz CT molecular complexity index is 194. The summed E-state index contributed by atoms with van der Waals surface area (Å²) in [5, 5.41) is 16.7. The summed E-state index contributed by atoms with van der Waals surface area (Å²) in [6.45, 7) is -1.07. The minimum absolute atomic E-state index is 0. The highest BCUT2D eigenvalue weighted by Gasteiger charge is 2.04. The minimum Gasteiger partial charge on any atom is -0.428 e. The van der Waals surface area contributed by atoms with Crippen LogP contribution >= 0.6 is 0 Å². The molecule has 0 saturated heterocycles. The maximum absolute atomic E-state index is 10.9. The number of carbonyl (C=O) groups is 2. The monoisotopic (exact) mass is 300 g/mol. The van der Waals surface area contributed by atoms with Gasteiger partial charge in [-0.05, 0) is 12.8 Å². The molecule has 0 aliphatic heterocycles. The molecule has 0 aliphatic rings. The Morgan fingerprint density at radius 2 is 1.25 bits per heavy atom. The molecule has 20 heavy (non-hydrogen) atoms. The largest absolute Gasteiger partial charge is 0.428 e. The molecule has 0 unspecified atom stereocenters. The van der Waals surface area contributed by atoms with Gasteiger partial charge >= 0.3 is 11.9 Å². The van der Waals surface area contributed by atoms with Gasteiger partial charge in [-0.2, -0.15) is 0 Å². The molecule has 6 nitrogen and oxygen atoms in total. The highest BCUT2D eigenvalue weighted by molar-refractivity contribution is 5.71. The predicted molar refractivity (Wildman–Crippen MR) is 83.3 cm³/mol. The van der Waals surface area contributed by atoms with Gasteiger partial charge in [0.05, 0.1) is 0 Å². The Hall–Kier alpha value is -1.14. The third-order valence-electron chi connectivity index (χ3n) is 1.61. The van der Waals surface area contributed by atoms with Crippen LogP contribution in [-0.4, -0.2) is 42.2 Å². The third-order valence-corrected chi connectivity index (χ3v) is 1.61. The molecule has 0 radical (unpaired) electrons. The number of unbranched alkanes of at least 4 members (excludes halogenated alkanes) is 2. The minimum atomic E-state index is -0.830. The number of carbonyl (C=O) groups excluding carboxylic acids is 2. The number of aliphatic hydroxyl groups excluding tert-OH is 2. The van der Waals surface area contributed by atoms with Crippen molar-refractivity contribution in [2.45, 2.75) is 62.8 Å². The molecular formula is C14H36O6. The van der Waals surface area contributed by atoms with Gasteiger partial charge in [-0.15, -0.1) is 0 Å². The zero-order chi connectivity index (χ0) is 11.5. The summed E-state index contributed by atoms with van der Waals surface area (Å²) >= 11 is 0. The fourth-order valence-electron chi connectivity index (χ4n) is 0.837. The van der Waals surface area contributed by atoms with Gasteiger partial charge in [-0.1, -0.05) is 43.6 Å². The zero-order valence-electron chi connectivity index (χ0n) is 8.48. The first-order chi connectivity index (χ1) is 7.20. The standard InChI is InChI=1S/C9H16O6.5CH4/c10-5-3-1-2-4-8(12)14-7-15-9(13)6-11;;;;;/h10-11H,1-7H2;5*1H4. The molecule has 0 aliphatic carbocycles. The van der Waals surface area contributed by atoms with Crippen LogP contribution in [0, 0.1) is 0 Å². The van der Waals surface area contributed by atoms with Crippen LogP contribution in [-0.2, 0) is 19.1 Å². The fraction of sp³-hybridized carbons (Fsp3) is 0.857. The number of hydrogen-bond donors (Lipinski definition) is 2. The van der Waals surface area contributed by atoms with Crippen LogP contribution in [0.3, 0.4) is 0 Å². The molecule has 2 N–H and O–H groups in total. The number of rotatable bonds is 8. The molecule has 0 aromatic rings. The van der Waals surface area contributed by atoms with Crippen LogP contribution in [0.15, 0.2) is 0 Å². The Kier molecular flexibility index (Phi) is 48.1. The van der Waals surface area contributed by atoms with Crippen molar-refractivity contribution >= 4 is 11.9 Å². The lowest BCUT2D eigenvalue weighted by atomic mass is 10.2. The molecule has 0 bridgehead atoms. The van der Waals surface area contributed by atoms with Crippen molar-refractivity contribution in [1.82, 2.24) is 0 Å². The smallest absolute Gasteiger partial charge is 0.334 e. The lowest BCUT2D eigenvalue weighted by Crippen LogP contribution is -2.14. The van der Waals surface area contributed by atoms with Crippen LogP contribution < -0.4 is 0 Å². The molecule has 0 fully saturated rings. The Morgan fingerprint density at radius 1 is 0.750 bits per heavy atom. The van der Waals surface area contributed by atoms with E-state index in [9.17, 15) is 9.59 Å². The van der Waals surface area contributed by atoms with Gasteiger partial charge in [0.25, 0.3) is 0 Å². The molecule has 0 spiro atoms. The van der Waals surface area contributed by atoms with E-state index in [2.05, 4.69) is 9.47 Å². The molecule has 128 valence electrons. The Balaban J connectivity index is -0.0000000980. The van der Waals surface area contributed by atoms with E-state index in [0.29, 0.717) is 12.8 Å². The van der Waals surface area contributed by atoms with Gasteiger partial charge in [0.1, 0.15) is 6.61 Å². The van der Waals surface area contributed by atoms with Gasteiger partial charge in [0.15, 0.2) is 0 Å². The van der Waals surface area contributed by atoms with Gasteiger partial charge < -0.3 is 19.7 Å². The molecule has 0 atom stereocenters. The van der Waals surface area contributed by atoms with E-state index in [1.807, 2.05) is 0 Å². The molecule has 0 saturated carbocycles. The maximum Gasteiger partial charge on any atom is 0.334 e. The predicted octanol–water partition coefficient (Wildman–Crippen LogP) is 2.76. The molecule has 0 amide bonds. The van der Waals surface area contributed by atoms with Crippen LogP contribution in [0.4, 0.5) is 0 Å². The second-order valence-corrected chi connectivity index (χ2v) is 2.84. The van der Waals surface area contributed by atoms with Crippen molar-refractivity contribution in [2.75, 3.05) is 20.0 Å². The molecule has 0 heterocycles. The normalized spacial score (nSPS) is 7.30. The van der Waals surface area contributed by atoms with Crippen LogP contribution in [0.25, 0.3) is 0 Å².